The maximum absolute atomic E-state index is 12.4. The Hall–Kier alpha value is -3.16. The van der Waals surface area contributed by atoms with Crippen LogP contribution in [0.25, 0.3) is 0 Å². The van der Waals surface area contributed by atoms with Gasteiger partial charge in [-0.3, -0.25) is 14.5 Å². The molecule has 3 aromatic rings. The van der Waals surface area contributed by atoms with Gasteiger partial charge in [0.1, 0.15) is 12.4 Å². The van der Waals surface area contributed by atoms with Gasteiger partial charge in [0.25, 0.3) is 5.56 Å². The van der Waals surface area contributed by atoms with E-state index in [2.05, 4.69) is 44.5 Å². The van der Waals surface area contributed by atoms with Crippen molar-refractivity contribution in [3.63, 3.8) is 0 Å². The third-order valence-electron chi connectivity index (χ3n) is 5.20. The first kappa shape index (κ1) is 21.1. The van der Waals surface area contributed by atoms with E-state index in [4.69, 9.17) is 11.6 Å². The second-order valence-electron chi connectivity index (χ2n) is 7.49. The molecule has 0 radical (unpaired) electrons. The molecule has 2 heterocycles. The predicted molar refractivity (Wildman–Crippen MR) is 123 cm³/mol. The van der Waals surface area contributed by atoms with Gasteiger partial charge in [0, 0.05) is 49.5 Å². The average molecular weight is 438 g/mol. The Labute approximate surface area is 185 Å². The number of nitrogens with zero attached hydrogens (tertiary/aromatic N) is 4. The lowest BCUT2D eigenvalue weighted by atomic mass is 10.2. The second kappa shape index (κ2) is 9.76. The van der Waals surface area contributed by atoms with Gasteiger partial charge in [0.2, 0.25) is 5.91 Å². The van der Waals surface area contributed by atoms with Gasteiger partial charge in [-0.25, -0.2) is 4.68 Å². The Morgan fingerprint density at radius 2 is 1.74 bits per heavy atom. The van der Waals surface area contributed by atoms with Crippen molar-refractivity contribution >= 4 is 29.0 Å². The first-order chi connectivity index (χ1) is 15.1. The lowest BCUT2D eigenvalue weighted by Crippen LogP contribution is -2.46. The molecule has 0 atom stereocenters. The monoisotopic (exact) mass is 437 g/mol. The summed E-state index contributed by atoms with van der Waals surface area (Å²) in [6.07, 6.45) is 0. The minimum atomic E-state index is -0.332. The molecule has 1 aliphatic rings. The fourth-order valence-electron chi connectivity index (χ4n) is 3.60. The Kier molecular flexibility index (Phi) is 6.64. The maximum atomic E-state index is 12.4. The fourth-order valence-corrected chi connectivity index (χ4v) is 3.79. The molecule has 0 saturated carbocycles. The van der Waals surface area contributed by atoms with Crippen LogP contribution in [-0.4, -0.2) is 46.8 Å². The number of carbonyl (C=O) groups excluding carboxylic acids is 1. The van der Waals surface area contributed by atoms with Gasteiger partial charge >= 0.3 is 0 Å². The third-order valence-corrected chi connectivity index (χ3v) is 5.43. The van der Waals surface area contributed by atoms with Crippen LogP contribution < -0.4 is 15.8 Å². The summed E-state index contributed by atoms with van der Waals surface area (Å²) in [6, 6.07) is 20.5. The molecule has 0 spiro atoms. The van der Waals surface area contributed by atoms with Crippen LogP contribution in [0, 0.1) is 0 Å². The molecule has 0 unspecified atom stereocenters. The van der Waals surface area contributed by atoms with Crippen molar-refractivity contribution in [2.75, 3.05) is 36.4 Å². The van der Waals surface area contributed by atoms with Crippen LogP contribution in [0.2, 0.25) is 5.02 Å². The molecule has 160 valence electrons. The van der Waals surface area contributed by atoms with Crippen LogP contribution in [0.5, 0.6) is 0 Å². The molecular formula is C23H24ClN5O2. The van der Waals surface area contributed by atoms with E-state index in [0.29, 0.717) is 16.5 Å². The topological polar surface area (TPSA) is 70.5 Å². The number of anilines is 2. The number of amides is 1. The van der Waals surface area contributed by atoms with E-state index in [9.17, 15) is 9.59 Å². The molecule has 1 fully saturated rings. The standard InChI is InChI=1S/C23H24ClN5O2/c24-19-7-4-8-20(15-19)25-22(30)17-29-23(31)10-9-21(26-29)28-13-11-27(12-14-28)16-18-5-2-1-3-6-18/h1-10,15H,11-14,16-17H2,(H,25,30). The largest absolute Gasteiger partial charge is 0.353 e. The number of hydrogen-bond donors (Lipinski definition) is 1. The van der Waals surface area contributed by atoms with Gasteiger partial charge in [0.05, 0.1) is 0 Å². The summed E-state index contributed by atoms with van der Waals surface area (Å²) in [5.74, 6) is 0.371. The van der Waals surface area contributed by atoms with Crippen molar-refractivity contribution < 1.29 is 4.79 Å². The quantitative estimate of drug-likeness (QED) is 0.642. The highest BCUT2D eigenvalue weighted by molar-refractivity contribution is 6.30. The first-order valence-corrected chi connectivity index (χ1v) is 10.6. The molecular weight excluding hydrogens is 414 g/mol. The van der Waals surface area contributed by atoms with Crippen LogP contribution in [-0.2, 0) is 17.9 Å². The van der Waals surface area contributed by atoms with Gasteiger partial charge in [0.15, 0.2) is 0 Å². The summed E-state index contributed by atoms with van der Waals surface area (Å²) >= 11 is 5.95. The Balaban J connectivity index is 1.36. The Morgan fingerprint density at radius 1 is 0.968 bits per heavy atom. The molecule has 8 heteroatoms. The van der Waals surface area contributed by atoms with Crippen LogP contribution >= 0.6 is 11.6 Å². The fraction of sp³-hybridized carbons (Fsp3) is 0.261. The van der Waals surface area contributed by atoms with Crippen LogP contribution in [0.15, 0.2) is 71.5 Å². The minimum Gasteiger partial charge on any atom is -0.353 e. The van der Waals surface area contributed by atoms with Crippen molar-refractivity contribution in [1.29, 1.82) is 0 Å². The number of hydrogen-bond acceptors (Lipinski definition) is 5. The minimum absolute atomic E-state index is 0.160. The molecule has 31 heavy (non-hydrogen) atoms. The molecule has 1 N–H and O–H groups in total. The molecule has 1 saturated heterocycles. The zero-order chi connectivity index (χ0) is 21.6. The van der Waals surface area contributed by atoms with Crippen LogP contribution in [0.1, 0.15) is 5.56 Å². The summed E-state index contributed by atoms with van der Waals surface area (Å²) in [5.41, 5.74) is 1.57. The number of nitrogens with one attached hydrogen (secondary N) is 1. The average Bonchev–Trinajstić information content (AvgIpc) is 2.77. The van der Waals surface area contributed by atoms with Crippen molar-refractivity contribution in [1.82, 2.24) is 14.7 Å². The number of carbonyl (C=O) groups is 1. The molecule has 0 bridgehead atoms. The van der Waals surface area contributed by atoms with E-state index in [1.807, 2.05) is 6.07 Å². The molecule has 0 aliphatic carbocycles. The SMILES string of the molecule is O=C(Cn1nc(N2CCN(Cc3ccccc3)CC2)ccc1=O)Nc1cccc(Cl)c1. The first-order valence-electron chi connectivity index (χ1n) is 10.2. The lowest BCUT2D eigenvalue weighted by Gasteiger charge is -2.35. The summed E-state index contributed by atoms with van der Waals surface area (Å²) in [4.78, 5) is 29.1. The Morgan fingerprint density at radius 3 is 2.48 bits per heavy atom. The predicted octanol–water partition coefficient (Wildman–Crippen LogP) is 2.86. The number of halogens is 1. The van der Waals surface area contributed by atoms with E-state index < -0.39 is 0 Å². The van der Waals surface area contributed by atoms with Gasteiger partial charge in [-0.1, -0.05) is 48.0 Å². The van der Waals surface area contributed by atoms with E-state index in [1.165, 1.54) is 16.3 Å². The molecule has 4 rings (SSSR count). The number of benzene rings is 2. The number of aromatic nitrogens is 2. The number of rotatable bonds is 6. The van der Waals surface area contributed by atoms with Crippen LogP contribution in [0.4, 0.5) is 11.5 Å². The highest BCUT2D eigenvalue weighted by Gasteiger charge is 2.19. The zero-order valence-electron chi connectivity index (χ0n) is 17.1. The second-order valence-corrected chi connectivity index (χ2v) is 7.93. The summed E-state index contributed by atoms with van der Waals surface area (Å²) in [7, 11) is 0. The van der Waals surface area contributed by atoms with Crippen molar-refractivity contribution in [3.8, 4) is 0 Å². The third kappa shape index (κ3) is 5.71. The zero-order valence-corrected chi connectivity index (χ0v) is 17.8. The summed E-state index contributed by atoms with van der Waals surface area (Å²) in [5, 5.41) is 7.70. The summed E-state index contributed by atoms with van der Waals surface area (Å²) in [6.45, 7) is 4.20. The van der Waals surface area contributed by atoms with Gasteiger partial charge in [-0.15, -0.1) is 0 Å². The van der Waals surface area contributed by atoms with E-state index in [1.54, 1.807) is 30.3 Å². The molecule has 1 aromatic heterocycles. The molecule has 2 aromatic carbocycles. The van der Waals surface area contributed by atoms with Gasteiger partial charge in [-0.2, -0.15) is 5.10 Å². The Bertz CT molecular complexity index is 1090. The van der Waals surface area contributed by atoms with Crippen molar-refractivity contribution in [3.05, 3.63) is 87.7 Å². The van der Waals surface area contributed by atoms with Gasteiger partial charge < -0.3 is 10.2 Å². The molecule has 1 aliphatic heterocycles. The number of piperazine rings is 1. The van der Waals surface area contributed by atoms with Crippen molar-refractivity contribution in [2.24, 2.45) is 0 Å². The van der Waals surface area contributed by atoms with Crippen molar-refractivity contribution in [2.45, 2.75) is 13.1 Å². The smallest absolute Gasteiger partial charge is 0.267 e. The highest BCUT2D eigenvalue weighted by Crippen LogP contribution is 2.16. The normalized spacial score (nSPS) is 14.4. The lowest BCUT2D eigenvalue weighted by molar-refractivity contribution is -0.117. The van der Waals surface area contributed by atoms with Gasteiger partial charge in [-0.05, 0) is 29.8 Å². The summed E-state index contributed by atoms with van der Waals surface area (Å²) < 4.78 is 1.20. The highest BCUT2D eigenvalue weighted by atomic mass is 35.5. The maximum Gasteiger partial charge on any atom is 0.267 e. The molecule has 7 nitrogen and oxygen atoms in total. The van der Waals surface area contributed by atoms with Crippen LogP contribution in [0.3, 0.4) is 0 Å². The van der Waals surface area contributed by atoms with E-state index in [0.717, 1.165) is 32.7 Å². The molecule has 1 amide bonds. The van der Waals surface area contributed by atoms with E-state index in [-0.39, 0.29) is 18.0 Å². The van der Waals surface area contributed by atoms with E-state index >= 15 is 0 Å².